The second-order valence-corrected chi connectivity index (χ2v) is 17.5. The molecule has 2 aliphatic carbocycles. The fraction of sp³-hybridized carbons (Fsp3) is 0.690. The van der Waals surface area contributed by atoms with Crippen LogP contribution in [-0.4, -0.2) is 113 Å². The van der Waals surface area contributed by atoms with Gasteiger partial charge in [0.05, 0.1) is 11.7 Å². The maximum absolute atomic E-state index is 15.8. The molecule has 15 nitrogen and oxygen atoms in total. The number of nitrogens with one attached hydrogen (secondary N) is 3. The molecule has 0 radical (unpaired) electrons. The molecule has 0 bridgehead atoms. The third-order valence-electron chi connectivity index (χ3n) is 11.7. The van der Waals surface area contributed by atoms with Crippen LogP contribution in [0.5, 0.6) is 0 Å². The smallest absolute Gasteiger partial charge is 0.408 e. The highest BCUT2D eigenvalue weighted by Gasteiger charge is 2.48. The third-order valence-corrected chi connectivity index (χ3v) is 11.7. The predicted molar refractivity (Wildman–Crippen MR) is 219 cm³/mol. The number of alkyl carbamates (subject to hydrolysis) is 1. The van der Waals surface area contributed by atoms with Gasteiger partial charge in [-0.1, -0.05) is 32.9 Å². The van der Waals surface area contributed by atoms with Gasteiger partial charge in [-0.2, -0.15) is 0 Å². The van der Waals surface area contributed by atoms with Crippen LogP contribution >= 0.6 is 0 Å². The number of hydrogen-bond donors (Lipinski definition) is 6. The van der Waals surface area contributed by atoms with Crippen LogP contribution in [0, 0.1) is 29.5 Å². The maximum Gasteiger partial charge on any atom is 0.408 e. The number of benzene rings is 1. The number of carboxylic acids is 1. The number of carbonyl (C=O) groups excluding carboxylic acids is 4. The first-order valence-electron chi connectivity index (χ1n) is 20.9. The molecule has 1 aromatic carbocycles. The van der Waals surface area contributed by atoms with E-state index >= 15 is 4.39 Å². The lowest BCUT2D eigenvalue weighted by Crippen LogP contribution is -2.57. The van der Waals surface area contributed by atoms with Crippen molar-refractivity contribution in [3.05, 3.63) is 41.4 Å². The van der Waals surface area contributed by atoms with Crippen molar-refractivity contribution in [1.82, 2.24) is 25.4 Å². The number of aliphatic carboxylic acids is 1. The van der Waals surface area contributed by atoms with E-state index < -0.39 is 65.3 Å². The number of allylic oxidation sites excluding steroid dienone is 1. The van der Waals surface area contributed by atoms with Gasteiger partial charge < -0.3 is 41.4 Å². The molecule has 0 spiro atoms. The molecule has 1 heterocycles. The molecule has 8 N–H and O–H groups in total. The van der Waals surface area contributed by atoms with Crippen molar-refractivity contribution in [1.29, 1.82) is 0 Å². The van der Waals surface area contributed by atoms with E-state index in [0.29, 0.717) is 62.8 Å². The van der Waals surface area contributed by atoms with E-state index in [1.54, 1.807) is 51.7 Å². The maximum atomic E-state index is 15.8. The Balaban J connectivity index is 1.39. The molecule has 58 heavy (non-hydrogen) atoms. The molecule has 3 fully saturated rings. The monoisotopic (exact) mass is 815 g/mol. The number of carbonyl (C=O) groups is 5. The third kappa shape index (κ3) is 12.6. The van der Waals surface area contributed by atoms with E-state index in [2.05, 4.69) is 20.9 Å². The van der Waals surface area contributed by atoms with Crippen LogP contribution in [0.1, 0.15) is 105 Å². The lowest BCUT2D eigenvalue weighted by atomic mass is 9.88. The van der Waals surface area contributed by atoms with Crippen LogP contribution in [0.4, 0.5) is 14.9 Å². The second kappa shape index (κ2) is 20.1. The fourth-order valence-corrected chi connectivity index (χ4v) is 7.87. The van der Waals surface area contributed by atoms with Gasteiger partial charge in [0.25, 0.3) is 5.91 Å². The van der Waals surface area contributed by atoms with E-state index in [1.165, 1.54) is 17.1 Å². The van der Waals surface area contributed by atoms with Gasteiger partial charge in [0.2, 0.25) is 11.8 Å². The van der Waals surface area contributed by atoms with Gasteiger partial charge in [-0.15, -0.1) is 0 Å². The van der Waals surface area contributed by atoms with Gasteiger partial charge in [-0.25, -0.2) is 19.8 Å². The highest BCUT2D eigenvalue weighted by Crippen LogP contribution is 2.51. The van der Waals surface area contributed by atoms with E-state index in [0.717, 1.165) is 25.7 Å². The predicted octanol–water partition coefficient (Wildman–Crippen LogP) is 4.14. The first-order valence-corrected chi connectivity index (χ1v) is 20.9. The Morgan fingerprint density at radius 3 is 2.21 bits per heavy atom. The summed E-state index contributed by atoms with van der Waals surface area (Å²) in [4.78, 5) is 69.4. The van der Waals surface area contributed by atoms with Crippen molar-refractivity contribution in [2.45, 2.75) is 129 Å². The number of ether oxygens (including phenoxy) is 1. The van der Waals surface area contributed by atoms with Gasteiger partial charge in [0.1, 0.15) is 29.2 Å². The average Bonchev–Trinajstić information content (AvgIpc) is 4.11. The minimum absolute atomic E-state index is 0.0358. The zero-order valence-electron chi connectivity index (χ0n) is 35.6. The van der Waals surface area contributed by atoms with Crippen LogP contribution in [-0.2, 0) is 23.9 Å². The summed E-state index contributed by atoms with van der Waals surface area (Å²) >= 11 is 0. The van der Waals surface area contributed by atoms with E-state index in [4.69, 9.17) is 16.3 Å². The molecule has 16 heteroatoms. The number of amides is 4. The largest absolute Gasteiger partial charge is 0.480 e. The summed E-state index contributed by atoms with van der Waals surface area (Å²) in [7, 11) is 1.95. The Morgan fingerprint density at radius 1 is 1.03 bits per heavy atom. The summed E-state index contributed by atoms with van der Waals surface area (Å²) in [5, 5.41) is 19.4. The Kier molecular flexibility index (Phi) is 16.1. The van der Waals surface area contributed by atoms with Crippen molar-refractivity contribution in [2.75, 3.05) is 38.5 Å². The lowest BCUT2D eigenvalue weighted by molar-refractivity contribution is -0.141. The van der Waals surface area contributed by atoms with Crippen molar-refractivity contribution in [2.24, 2.45) is 35.2 Å². The zero-order valence-corrected chi connectivity index (χ0v) is 35.6. The summed E-state index contributed by atoms with van der Waals surface area (Å²) in [5.41, 5.74) is 6.51. The molecule has 3 aliphatic rings. The van der Waals surface area contributed by atoms with Crippen LogP contribution < -0.4 is 27.5 Å². The number of nitrogens with zero attached hydrogens (tertiary/aromatic N) is 3. The number of carboxylic acid groups (broad SMARTS) is 1. The molecule has 4 rings (SSSR count). The molecular formula is C42H67FN8O7. The van der Waals surface area contributed by atoms with Crippen LogP contribution in [0.25, 0.3) is 0 Å². The molecule has 6 atom stereocenters. The quantitative estimate of drug-likeness (QED) is 0.0664. The summed E-state index contributed by atoms with van der Waals surface area (Å²) in [6.07, 6.45) is 6.45. The van der Waals surface area contributed by atoms with E-state index in [-0.39, 0.29) is 29.3 Å². The Labute approximate surface area is 342 Å². The Morgan fingerprint density at radius 2 is 1.67 bits per heavy atom. The standard InChI is InChI=1S/C42H67FN8O7/c1-9-11-32(51(45)10-2)37(52)47-36(33(26-13-14-26)27-15-16-27)38(53)46-31-19-17-28(22-30(31)43)25(4)34(44)39(54)50-21-20-49(8)29(23-50)18-12-24(3)35(40(55)56)48-41(57)58-42(5,6)7/h11,17,19,22,24-27,29,33-36H,9-10,12-16,18,20-21,23,44-45H2,1-8H3,(H,46,53)(H,47,52)(H,48,57)(H,55,56)/b32-11-/t24-,25-,29+,34+,35-,36-/m0/s1. The number of anilines is 1. The SMILES string of the molecule is CC/C=C(/C(=O)N[C@H](C(=O)Nc1ccc([C@H](C)[C@@H](N)C(=O)N2CCN(C)[C@H](CC[C@H](C)[C@H](NC(=O)OC(C)(C)C)C(=O)O)C2)cc1F)C(C1CC1)C1CC1)N(N)CC. The number of hydrazine groups is 1. The summed E-state index contributed by atoms with van der Waals surface area (Å²) in [6.45, 7) is 14.1. The van der Waals surface area contributed by atoms with Gasteiger partial charge >= 0.3 is 12.1 Å². The van der Waals surface area contributed by atoms with E-state index in [9.17, 15) is 29.1 Å². The van der Waals surface area contributed by atoms with Gasteiger partial charge in [0, 0.05) is 38.1 Å². The first-order chi connectivity index (χ1) is 27.3. The van der Waals surface area contributed by atoms with E-state index in [1.807, 2.05) is 20.9 Å². The average molecular weight is 815 g/mol. The lowest BCUT2D eigenvalue weighted by Gasteiger charge is -2.41. The number of likely N-dealkylation sites (N-methyl/N-ethyl adjacent to an activating group) is 2. The van der Waals surface area contributed by atoms with Crippen LogP contribution in [0.2, 0.25) is 0 Å². The molecule has 2 saturated carbocycles. The second-order valence-electron chi connectivity index (χ2n) is 17.5. The van der Waals surface area contributed by atoms with Gasteiger partial charge in [-0.05, 0) is 121 Å². The molecule has 324 valence electrons. The Bertz CT molecular complexity index is 1650. The molecule has 1 aromatic rings. The normalized spacial score (nSPS) is 20.4. The highest BCUT2D eigenvalue weighted by molar-refractivity contribution is 6.01. The minimum atomic E-state index is -1.16. The molecule has 0 aromatic heterocycles. The fourth-order valence-electron chi connectivity index (χ4n) is 7.87. The summed E-state index contributed by atoms with van der Waals surface area (Å²) < 4.78 is 21.0. The molecule has 1 aliphatic heterocycles. The molecule has 4 amide bonds. The van der Waals surface area contributed by atoms with Gasteiger partial charge in [0.15, 0.2) is 0 Å². The molecular weight excluding hydrogens is 748 g/mol. The highest BCUT2D eigenvalue weighted by atomic mass is 19.1. The van der Waals surface area contributed by atoms with Crippen molar-refractivity contribution < 1.29 is 38.2 Å². The number of nitrogens with two attached hydrogens (primary N) is 2. The number of hydrogen-bond acceptors (Lipinski definition) is 10. The number of piperazine rings is 1. The molecule has 1 saturated heterocycles. The first kappa shape index (κ1) is 46.4. The molecule has 0 unspecified atom stereocenters. The number of rotatable bonds is 19. The van der Waals surface area contributed by atoms with Crippen molar-refractivity contribution in [3.8, 4) is 0 Å². The summed E-state index contributed by atoms with van der Waals surface area (Å²) in [6, 6.07) is 1.32. The van der Waals surface area contributed by atoms with Crippen molar-refractivity contribution in [3.63, 3.8) is 0 Å². The Hall–Kier alpha value is -4.28. The summed E-state index contributed by atoms with van der Waals surface area (Å²) in [5.74, 6) is 2.62. The minimum Gasteiger partial charge on any atom is -0.480 e. The zero-order chi connectivity index (χ0) is 43.1. The van der Waals surface area contributed by atoms with Crippen molar-refractivity contribution >= 4 is 35.5 Å². The van der Waals surface area contributed by atoms with Crippen LogP contribution in [0.15, 0.2) is 30.0 Å². The van der Waals surface area contributed by atoms with Crippen LogP contribution in [0.3, 0.4) is 0 Å². The topological polar surface area (TPSA) is 213 Å². The van der Waals surface area contributed by atoms with Gasteiger partial charge in [-0.3, -0.25) is 19.3 Å². The number of halogens is 1.